The molecule has 0 saturated heterocycles. The van der Waals surface area contributed by atoms with Crippen LogP contribution in [-0.4, -0.2) is 27.5 Å². The normalized spacial score (nSPS) is 10.0. The minimum Gasteiger partial charge on any atom is -0.449 e. The Bertz CT molecular complexity index is 676. The zero-order valence-electron chi connectivity index (χ0n) is 11.1. The van der Waals surface area contributed by atoms with Crippen LogP contribution in [0.25, 0.3) is 0 Å². The average Bonchev–Trinajstić information content (AvgIpc) is 2.47. The van der Waals surface area contributed by atoms with Gasteiger partial charge < -0.3 is 19.7 Å². The summed E-state index contributed by atoms with van der Waals surface area (Å²) in [5.74, 6) is -0.0635. The van der Waals surface area contributed by atoms with Gasteiger partial charge in [0.25, 0.3) is 5.88 Å². The van der Waals surface area contributed by atoms with Gasteiger partial charge in [0.2, 0.25) is 0 Å². The van der Waals surface area contributed by atoms with Crippen LogP contribution in [0.5, 0.6) is 11.6 Å². The molecule has 0 unspecified atom stereocenters. The van der Waals surface area contributed by atoms with E-state index >= 15 is 0 Å². The maximum absolute atomic E-state index is 10.6. The van der Waals surface area contributed by atoms with Crippen LogP contribution in [0.1, 0.15) is 5.56 Å². The molecule has 0 bridgehead atoms. The van der Waals surface area contributed by atoms with E-state index in [1.165, 1.54) is 23.9 Å². The molecule has 0 saturated carbocycles. The Morgan fingerprint density at radius 2 is 1.68 bits per heavy atom. The van der Waals surface area contributed by atoms with E-state index in [-0.39, 0.29) is 5.75 Å². The fraction of sp³-hybridized carbons (Fsp3) is 0.0714. The number of carboxylic acid groups (broad SMARTS) is 2. The maximum Gasteiger partial charge on any atom is 0.512 e. The van der Waals surface area contributed by atoms with Gasteiger partial charge in [-0.05, 0) is 17.7 Å². The smallest absolute Gasteiger partial charge is 0.449 e. The molecule has 0 aliphatic heterocycles. The van der Waals surface area contributed by atoms with Gasteiger partial charge in [0.1, 0.15) is 5.03 Å². The first-order valence-corrected chi connectivity index (χ1v) is 7.02. The van der Waals surface area contributed by atoms with Gasteiger partial charge in [-0.1, -0.05) is 30.3 Å². The van der Waals surface area contributed by atoms with Gasteiger partial charge in [0.05, 0.1) is 0 Å². The molecule has 0 fully saturated rings. The zero-order valence-corrected chi connectivity index (χ0v) is 11.9. The number of rotatable bonds is 5. The molecule has 0 aliphatic rings. The van der Waals surface area contributed by atoms with E-state index in [0.29, 0.717) is 10.8 Å². The van der Waals surface area contributed by atoms with Crippen molar-refractivity contribution in [2.75, 3.05) is 0 Å². The van der Waals surface area contributed by atoms with E-state index in [2.05, 4.69) is 14.5 Å². The first-order valence-electron chi connectivity index (χ1n) is 6.04. The van der Waals surface area contributed by atoms with Gasteiger partial charge in [0, 0.05) is 5.75 Å². The predicted octanol–water partition coefficient (Wildman–Crippen LogP) is 3.49. The molecule has 114 valence electrons. The van der Waals surface area contributed by atoms with Gasteiger partial charge >= 0.3 is 12.3 Å². The maximum atomic E-state index is 10.6. The highest BCUT2D eigenvalue weighted by atomic mass is 32.2. The fourth-order valence-electron chi connectivity index (χ4n) is 1.55. The first-order chi connectivity index (χ1) is 10.5. The largest absolute Gasteiger partial charge is 0.512 e. The van der Waals surface area contributed by atoms with Crippen molar-refractivity contribution in [1.82, 2.24) is 4.98 Å². The SMILES string of the molecule is O=C(O)Oc1ccc(SCc2ccccc2)nc1OC(=O)O. The van der Waals surface area contributed by atoms with Crippen molar-refractivity contribution >= 4 is 24.1 Å². The van der Waals surface area contributed by atoms with Crippen LogP contribution < -0.4 is 9.47 Å². The summed E-state index contributed by atoms with van der Waals surface area (Å²) in [5, 5.41) is 17.7. The van der Waals surface area contributed by atoms with E-state index in [4.69, 9.17) is 10.2 Å². The molecule has 1 aromatic heterocycles. The van der Waals surface area contributed by atoms with Gasteiger partial charge in [-0.15, -0.1) is 11.8 Å². The number of hydrogen-bond donors (Lipinski definition) is 2. The van der Waals surface area contributed by atoms with Crippen LogP contribution in [-0.2, 0) is 5.75 Å². The van der Waals surface area contributed by atoms with Crippen molar-refractivity contribution in [1.29, 1.82) is 0 Å². The Labute approximate surface area is 129 Å². The summed E-state index contributed by atoms with van der Waals surface area (Å²) in [6.07, 6.45) is -3.19. The second-order valence-corrected chi connectivity index (χ2v) is 4.96. The van der Waals surface area contributed by atoms with Crippen molar-refractivity contribution in [2.24, 2.45) is 0 Å². The number of carbonyl (C=O) groups is 2. The van der Waals surface area contributed by atoms with E-state index in [1.54, 1.807) is 0 Å². The third-order valence-electron chi connectivity index (χ3n) is 2.41. The Morgan fingerprint density at radius 3 is 2.32 bits per heavy atom. The molecule has 0 radical (unpaired) electrons. The standard InChI is InChI=1S/C14H11NO6S/c16-13(17)20-10-6-7-11(15-12(10)21-14(18)19)22-8-9-4-2-1-3-5-9/h1-7H,8H2,(H,16,17)(H,18,19). The molecule has 22 heavy (non-hydrogen) atoms. The highest BCUT2D eigenvalue weighted by molar-refractivity contribution is 7.98. The number of aromatic nitrogens is 1. The lowest BCUT2D eigenvalue weighted by Gasteiger charge is -2.08. The number of thioether (sulfide) groups is 1. The Morgan fingerprint density at radius 1 is 1.00 bits per heavy atom. The van der Waals surface area contributed by atoms with Gasteiger partial charge in [0.15, 0.2) is 5.75 Å². The lowest BCUT2D eigenvalue weighted by atomic mass is 10.2. The first kappa shape index (κ1) is 15.6. The van der Waals surface area contributed by atoms with Crippen molar-refractivity contribution < 1.29 is 29.3 Å². The summed E-state index contributed by atoms with van der Waals surface area (Å²) in [5.41, 5.74) is 1.07. The number of ether oxygens (including phenoxy) is 2. The fourth-order valence-corrected chi connectivity index (χ4v) is 2.37. The average molecular weight is 321 g/mol. The topological polar surface area (TPSA) is 106 Å². The molecule has 7 nitrogen and oxygen atoms in total. The minimum absolute atomic E-state index is 0.279. The predicted molar refractivity (Wildman–Crippen MR) is 77.5 cm³/mol. The molecular weight excluding hydrogens is 310 g/mol. The van der Waals surface area contributed by atoms with Crippen LogP contribution in [0.2, 0.25) is 0 Å². The molecule has 0 atom stereocenters. The third-order valence-corrected chi connectivity index (χ3v) is 3.41. The third kappa shape index (κ3) is 4.67. The molecule has 0 spiro atoms. The van der Waals surface area contributed by atoms with Gasteiger partial charge in [-0.3, -0.25) is 0 Å². The lowest BCUT2D eigenvalue weighted by molar-refractivity contribution is 0.130. The quantitative estimate of drug-likeness (QED) is 0.636. The summed E-state index contributed by atoms with van der Waals surface area (Å²) in [6, 6.07) is 12.4. The Balaban J connectivity index is 2.14. The zero-order chi connectivity index (χ0) is 15.9. The molecule has 0 aliphatic carbocycles. The van der Waals surface area contributed by atoms with Crippen molar-refractivity contribution in [3.05, 3.63) is 48.0 Å². The highest BCUT2D eigenvalue weighted by Gasteiger charge is 2.15. The van der Waals surface area contributed by atoms with Crippen molar-refractivity contribution in [2.45, 2.75) is 10.8 Å². The van der Waals surface area contributed by atoms with Gasteiger partial charge in [-0.25, -0.2) is 14.6 Å². The van der Waals surface area contributed by atoms with E-state index in [0.717, 1.165) is 5.56 Å². The van der Waals surface area contributed by atoms with Crippen LogP contribution in [0, 0.1) is 0 Å². The molecule has 2 aromatic rings. The Hall–Kier alpha value is -2.74. The van der Waals surface area contributed by atoms with Gasteiger partial charge in [-0.2, -0.15) is 0 Å². The molecule has 2 N–H and O–H groups in total. The number of nitrogens with zero attached hydrogens (tertiary/aromatic N) is 1. The lowest BCUT2D eigenvalue weighted by Crippen LogP contribution is -2.10. The summed E-state index contributed by atoms with van der Waals surface area (Å²) in [7, 11) is 0. The summed E-state index contributed by atoms with van der Waals surface area (Å²) in [4.78, 5) is 25.1. The second kappa shape index (κ2) is 7.32. The minimum atomic E-state index is -1.60. The number of hydrogen-bond acceptors (Lipinski definition) is 6. The van der Waals surface area contributed by atoms with E-state index in [9.17, 15) is 9.59 Å². The van der Waals surface area contributed by atoms with E-state index in [1.807, 2.05) is 30.3 Å². The summed E-state index contributed by atoms with van der Waals surface area (Å²) < 4.78 is 8.86. The highest BCUT2D eigenvalue weighted by Crippen LogP contribution is 2.30. The molecule has 1 aromatic carbocycles. The van der Waals surface area contributed by atoms with Crippen LogP contribution in [0.3, 0.4) is 0 Å². The summed E-state index contributed by atoms with van der Waals surface area (Å²) >= 11 is 1.36. The molecule has 0 amide bonds. The molecule has 8 heteroatoms. The van der Waals surface area contributed by atoms with Crippen molar-refractivity contribution in [3.63, 3.8) is 0 Å². The van der Waals surface area contributed by atoms with Crippen LogP contribution >= 0.6 is 11.8 Å². The van der Waals surface area contributed by atoms with Crippen LogP contribution in [0.4, 0.5) is 9.59 Å². The molecule has 2 rings (SSSR count). The summed E-state index contributed by atoms with van der Waals surface area (Å²) in [6.45, 7) is 0. The Kier molecular flexibility index (Phi) is 5.21. The molecular formula is C14H11NO6S. The number of benzene rings is 1. The second-order valence-electron chi connectivity index (χ2n) is 3.96. The van der Waals surface area contributed by atoms with Crippen LogP contribution in [0.15, 0.2) is 47.5 Å². The molecule has 1 heterocycles. The number of pyridine rings is 1. The van der Waals surface area contributed by atoms with Crippen molar-refractivity contribution in [3.8, 4) is 11.6 Å². The van der Waals surface area contributed by atoms with E-state index < -0.39 is 18.2 Å². The monoisotopic (exact) mass is 321 g/mol.